The molecular formula is C32H32N4O3. The Morgan fingerprint density at radius 3 is 2.49 bits per heavy atom. The maximum atomic E-state index is 14.1. The molecule has 6 rings (SSSR count). The summed E-state index contributed by atoms with van der Waals surface area (Å²) in [5, 5.41) is 7.06. The summed E-state index contributed by atoms with van der Waals surface area (Å²) in [6.45, 7) is 4.58. The van der Waals surface area contributed by atoms with Crippen molar-refractivity contribution in [2.45, 2.75) is 44.8 Å². The molecule has 0 spiro atoms. The largest absolute Gasteiger partial charge is 0.356 e. The number of amides is 3. The molecule has 0 saturated heterocycles. The summed E-state index contributed by atoms with van der Waals surface area (Å²) < 4.78 is 0. The predicted molar refractivity (Wildman–Crippen MR) is 150 cm³/mol. The molecule has 0 saturated carbocycles. The molecule has 3 amide bonds. The molecule has 3 N–H and O–H groups in total. The Kier molecular flexibility index (Phi) is 6.43. The van der Waals surface area contributed by atoms with Crippen LogP contribution in [0.1, 0.15) is 52.6 Å². The van der Waals surface area contributed by atoms with Crippen molar-refractivity contribution >= 4 is 28.6 Å². The molecule has 198 valence electrons. The lowest BCUT2D eigenvalue weighted by Gasteiger charge is -2.37. The Hall–Kier alpha value is -4.39. The van der Waals surface area contributed by atoms with Gasteiger partial charge in [-0.2, -0.15) is 0 Å². The van der Waals surface area contributed by atoms with E-state index in [0.717, 1.165) is 33.3 Å². The van der Waals surface area contributed by atoms with Gasteiger partial charge in [-0.15, -0.1) is 0 Å². The molecule has 0 radical (unpaired) electrons. The third-order valence-electron chi connectivity index (χ3n) is 7.75. The van der Waals surface area contributed by atoms with Gasteiger partial charge >= 0.3 is 0 Å². The fourth-order valence-electron chi connectivity index (χ4n) is 5.89. The zero-order chi connectivity index (χ0) is 27.1. The molecule has 39 heavy (non-hydrogen) atoms. The fourth-order valence-corrected chi connectivity index (χ4v) is 5.89. The number of aromatic nitrogens is 1. The predicted octanol–water partition coefficient (Wildman–Crippen LogP) is 4.14. The van der Waals surface area contributed by atoms with Crippen LogP contribution in [0.5, 0.6) is 0 Å². The van der Waals surface area contributed by atoms with Crippen molar-refractivity contribution in [3.63, 3.8) is 0 Å². The first-order chi connectivity index (χ1) is 18.9. The van der Waals surface area contributed by atoms with E-state index >= 15 is 0 Å². The number of hydrogen-bond acceptors (Lipinski definition) is 3. The van der Waals surface area contributed by atoms with E-state index in [0.29, 0.717) is 24.9 Å². The first-order valence-electron chi connectivity index (χ1n) is 13.6. The van der Waals surface area contributed by atoms with Gasteiger partial charge in [-0.05, 0) is 34.7 Å². The number of rotatable bonds is 7. The summed E-state index contributed by atoms with van der Waals surface area (Å²) in [7, 11) is 0. The number of aromatic amines is 1. The molecule has 1 aromatic heterocycles. The molecule has 2 aliphatic rings. The van der Waals surface area contributed by atoms with Crippen molar-refractivity contribution in [3.05, 3.63) is 107 Å². The molecule has 4 aromatic rings. The van der Waals surface area contributed by atoms with Crippen molar-refractivity contribution in [1.82, 2.24) is 20.5 Å². The van der Waals surface area contributed by atoms with Crippen molar-refractivity contribution in [3.8, 4) is 0 Å². The molecule has 7 heteroatoms. The van der Waals surface area contributed by atoms with E-state index in [2.05, 4.69) is 21.7 Å². The Balaban J connectivity index is 1.36. The van der Waals surface area contributed by atoms with Crippen LogP contribution < -0.4 is 10.6 Å². The number of fused-ring (bicyclic) bond motifs is 7. The van der Waals surface area contributed by atoms with E-state index in [4.69, 9.17) is 0 Å². The van der Waals surface area contributed by atoms with Gasteiger partial charge in [0.15, 0.2) is 0 Å². The van der Waals surface area contributed by atoms with Gasteiger partial charge in [-0.1, -0.05) is 80.6 Å². The van der Waals surface area contributed by atoms with Gasteiger partial charge in [0.1, 0.15) is 12.1 Å². The lowest BCUT2D eigenvalue weighted by atomic mass is 9.89. The van der Waals surface area contributed by atoms with Gasteiger partial charge in [0.25, 0.3) is 5.91 Å². The zero-order valence-corrected chi connectivity index (χ0v) is 22.1. The maximum absolute atomic E-state index is 14.1. The Morgan fingerprint density at radius 2 is 1.69 bits per heavy atom. The van der Waals surface area contributed by atoms with Crippen molar-refractivity contribution in [2.24, 2.45) is 5.92 Å². The average molecular weight is 521 g/mol. The second-order valence-corrected chi connectivity index (χ2v) is 10.9. The smallest absolute Gasteiger partial charge is 0.255 e. The van der Waals surface area contributed by atoms with Crippen molar-refractivity contribution < 1.29 is 14.4 Å². The van der Waals surface area contributed by atoms with Gasteiger partial charge in [0.05, 0.1) is 6.04 Å². The van der Waals surface area contributed by atoms with Gasteiger partial charge in [0.2, 0.25) is 11.8 Å². The standard InChI is InChI=1S/C32H32N4O3/c1-19(2)18-33-30(37)26(16-20-10-4-3-5-11-20)35-31(38)27-17-24-21-12-8-9-15-25(21)34-28(24)29-22-13-6-7-14-23(22)32(39)36(27)29/h3-15,19,26-27,29,34H,16-18H2,1-2H3,(H,33,37)(H,35,38)/t26-,27-,29?/m0/s1. The molecule has 0 aliphatic carbocycles. The van der Waals surface area contributed by atoms with Crippen LogP contribution in [0.25, 0.3) is 10.9 Å². The molecule has 0 bridgehead atoms. The van der Waals surface area contributed by atoms with Gasteiger partial charge < -0.3 is 20.5 Å². The minimum absolute atomic E-state index is 0.163. The summed E-state index contributed by atoms with van der Waals surface area (Å²) in [5.74, 6) is -0.430. The number of nitrogens with one attached hydrogen (secondary N) is 3. The number of para-hydroxylation sites is 1. The molecule has 2 aliphatic heterocycles. The van der Waals surface area contributed by atoms with E-state index in [1.165, 1.54) is 0 Å². The van der Waals surface area contributed by atoms with Crippen LogP contribution in [0.15, 0.2) is 78.9 Å². The first kappa shape index (κ1) is 24.9. The second kappa shape index (κ2) is 10.1. The summed E-state index contributed by atoms with van der Waals surface area (Å²) >= 11 is 0. The number of benzene rings is 3. The normalized spacial score (nSPS) is 18.4. The summed E-state index contributed by atoms with van der Waals surface area (Å²) in [6.07, 6.45) is 0.728. The Bertz CT molecular complexity index is 1560. The van der Waals surface area contributed by atoms with Crippen LogP contribution in [0.4, 0.5) is 0 Å². The highest BCUT2D eigenvalue weighted by atomic mass is 16.2. The lowest BCUT2D eigenvalue weighted by molar-refractivity contribution is -0.132. The first-order valence-corrected chi connectivity index (χ1v) is 13.6. The minimum atomic E-state index is -0.762. The third kappa shape index (κ3) is 4.48. The highest BCUT2D eigenvalue weighted by molar-refractivity contribution is 6.04. The molecule has 0 fully saturated rings. The topological polar surface area (TPSA) is 94.3 Å². The van der Waals surface area contributed by atoms with E-state index in [9.17, 15) is 14.4 Å². The quantitative estimate of drug-likeness (QED) is 0.342. The van der Waals surface area contributed by atoms with Crippen LogP contribution in [-0.2, 0) is 22.4 Å². The number of H-pyrrole nitrogens is 1. The highest BCUT2D eigenvalue weighted by Gasteiger charge is 2.49. The fraction of sp³-hybridized carbons (Fsp3) is 0.281. The summed E-state index contributed by atoms with van der Waals surface area (Å²) in [4.78, 5) is 46.3. The zero-order valence-electron chi connectivity index (χ0n) is 22.1. The SMILES string of the molecule is CC(C)CNC(=O)[C@H](Cc1ccccc1)NC(=O)[C@@H]1Cc2c([nH]c3ccccc23)C2c3ccccc3C(=O)N21. The van der Waals surface area contributed by atoms with E-state index in [1.54, 1.807) is 4.90 Å². The summed E-state index contributed by atoms with van der Waals surface area (Å²) in [5.41, 5.74) is 5.43. The van der Waals surface area contributed by atoms with E-state index in [-0.39, 0.29) is 29.7 Å². The van der Waals surface area contributed by atoms with Crippen LogP contribution >= 0.6 is 0 Å². The highest BCUT2D eigenvalue weighted by Crippen LogP contribution is 2.46. The van der Waals surface area contributed by atoms with Crippen molar-refractivity contribution in [1.29, 1.82) is 0 Å². The number of carbonyl (C=O) groups excluding carboxylic acids is 3. The van der Waals surface area contributed by atoms with E-state index < -0.39 is 12.1 Å². The Labute approximate surface area is 227 Å². The molecular weight excluding hydrogens is 488 g/mol. The second-order valence-electron chi connectivity index (χ2n) is 10.9. The van der Waals surface area contributed by atoms with Crippen LogP contribution in [0.3, 0.4) is 0 Å². The number of hydrogen-bond donors (Lipinski definition) is 3. The van der Waals surface area contributed by atoms with Crippen LogP contribution in [-0.4, -0.2) is 46.2 Å². The Morgan fingerprint density at radius 1 is 0.974 bits per heavy atom. The molecule has 3 heterocycles. The molecule has 1 unspecified atom stereocenters. The monoisotopic (exact) mass is 520 g/mol. The summed E-state index contributed by atoms with van der Waals surface area (Å²) in [6, 6.07) is 23.4. The van der Waals surface area contributed by atoms with Gasteiger partial charge in [-0.25, -0.2) is 0 Å². The maximum Gasteiger partial charge on any atom is 0.255 e. The van der Waals surface area contributed by atoms with Crippen molar-refractivity contribution in [2.75, 3.05) is 6.54 Å². The van der Waals surface area contributed by atoms with Gasteiger partial charge in [0, 0.05) is 41.5 Å². The minimum Gasteiger partial charge on any atom is -0.356 e. The van der Waals surface area contributed by atoms with Gasteiger partial charge in [-0.3, -0.25) is 14.4 Å². The average Bonchev–Trinajstić information content (AvgIpc) is 3.47. The molecule has 3 atom stereocenters. The lowest BCUT2D eigenvalue weighted by Crippen LogP contribution is -2.57. The molecule has 3 aromatic carbocycles. The van der Waals surface area contributed by atoms with Crippen LogP contribution in [0.2, 0.25) is 0 Å². The number of carbonyl (C=O) groups is 3. The van der Waals surface area contributed by atoms with Crippen LogP contribution in [0, 0.1) is 5.92 Å². The van der Waals surface area contributed by atoms with E-state index in [1.807, 2.05) is 86.6 Å². The molecule has 7 nitrogen and oxygen atoms in total. The third-order valence-corrected chi connectivity index (χ3v) is 7.75. The number of nitrogens with zero attached hydrogens (tertiary/aromatic N) is 1.